The lowest BCUT2D eigenvalue weighted by Gasteiger charge is -2.49. The van der Waals surface area contributed by atoms with E-state index in [1.807, 2.05) is 0 Å². The van der Waals surface area contributed by atoms with Crippen LogP contribution in [0, 0.1) is 5.92 Å². The van der Waals surface area contributed by atoms with Crippen LogP contribution in [0.2, 0.25) is 0 Å². The van der Waals surface area contributed by atoms with Gasteiger partial charge < -0.3 is 4.48 Å². The predicted octanol–water partition coefficient (Wildman–Crippen LogP) is 5.93. The number of unbranched alkanes of at least 4 members (excludes halogenated alkanes) is 10. The van der Waals surface area contributed by atoms with E-state index in [-0.39, 0.29) is 0 Å². The van der Waals surface area contributed by atoms with Crippen molar-refractivity contribution < 1.29 is 4.48 Å². The molecule has 0 N–H and O–H groups in total. The van der Waals surface area contributed by atoms with Crippen molar-refractivity contribution in [3.05, 3.63) is 0 Å². The molecule has 2 bridgehead atoms. The second kappa shape index (κ2) is 9.87. The van der Waals surface area contributed by atoms with Crippen LogP contribution < -0.4 is 0 Å². The van der Waals surface area contributed by atoms with E-state index in [1.54, 1.807) is 0 Å². The van der Waals surface area contributed by atoms with Crippen LogP contribution in [0.4, 0.5) is 0 Å². The fraction of sp³-hybridized carbons (Fsp3) is 1.00. The van der Waals surface area contributed by atoms with E-state index in [0.717, 1.165) is 5.92 Å². The monoisotopic (exact) mass is 294 g/mol. The average Bonchev–Trinajstić information content (AvgIpc) is 2.54. The highest BCUT2D eigenvalue weighted by Gasteiger charge is 2.38. The van der Waals surface area contributed by atoms with Crippen molar-refractivity contribution in [2.24, 2.45) is 5.92 Å². The summed E-state index contributed by atoms with van der Waals surface area (Å²) < 4.78 is 1.51. The van der Waals surface area contributed by atoms with E-state index >= 15 is 0 Å². The minimum absolute atomic E-state index is 1.11. The summed E-state index contributed by atoms with van der Waals surface area (Å²) in [5, 5.41) is 0. The average molecular weight is 295 g/mol. The van der Waals surface area contributed by atoms with Crippen molar-refractivity contribution in [2.75, 3.05) is 26.2 Å². The molecule has 3 aliphatic heterocycles. The zero-order chi connectivity index (χ0) is 14.8. The Hall–Kier alpha value is -0.0400. The van der Waals surface area contributed by atoms with Crippen LogP contribution >= 0.6 is 0 Å². The third kappa shape index (κ3) is 6.30. The molecule has 0 aliphatic carbocycles. The summed E-state index contributed by atoms with van der Waals surface area (Å²) in [7, 11) is 0. The summed E-state index contributed by atoms with van der Waals surface area (Å²) in [5.74, 6) is 1.11. The first-order chi connectivity index (χ1) is 10.3. The Kier molecular flexibility index (Phi) is 8.14. The Bertz CT molecular complexity index is 239. The maximum Gasteiger partial charge on any atom is 0.0789 e. The van der Waals surface area contributed by atoms with Crippen LogP contribution in [-0.4, -0.2) is 30.7 Å². The summed E-state index contributed by atoms with van der Waals surface area (Å²) in [5.41, 5.74) is 0. The van der Waals surface area contributed by atoms with Crippen LogP contribution in [0.25, 0.3) is 0 Å². The topological polar surface area (TPSA) is 0 Å². The molecule has 0 amide bonds. The number of piperidine rings is 3. The number of quaternary nitrogens is 1. The molecule has 0 aromatic carbocycles. The largest absolute Gasteiger partial charge is 0.324 e. The number of hydrogen-bond donors (Lipinski definition) is 0. The van der Waals surface area contributed by atoms with E-state index in [2.05, 4.69) is 6.92 Å². The smallest absolute Gasteiger partial charge is 0.0789 e. The highest BCUT2D eigenvalue weighted by molar-refractivity contribution is 4.71. The highest BCUT2D eigenvalue weighted by atomic mass is 15.4. The van der Waals surface area contributed by atoms with Crippen molar-refractivity contribution in [1.82, 2.24) is 0 Å². The maximum absolute atomic E-state index is 2.30. The minimum atomic E-state index is 1.11. The molecule has 3 aliphatic rings. The molecule has 0 spiro atoms. The van der Waals surface area contributed by atoms with Crippen molar-refractivity contribution in [2.45, 2.75) is 96.8 Å². The summed E-state index contributed by atoms with van der Waals surface area (Å²) in [6.45, 7) is 8.36. The lowest BCUT2D eigenvalue weighted by Crippen LogP contribution is -2.58. The molecule has 0 atom stereocenters. The predicted molar refractivity (Wildman–Crippen MR) is 93.5 cm³/mol. The Morgan fingerprint density at radius 1 is 0.619 bits per heavy atom. The van der Waals surface area contributed by atoms with Crippen LogP contribution in [0.3, 0.4) is 0 Å². The normalized spacial score (nSPS) is 28.1. The van der Waals surface area contributed by atoms with Crippen molar-refractivity contribution in [1.29, 1.82) is 0 Å². The minimum Gasteiger partial charge on any atom is -0.324 e. The number of nitrogens with zero attached hydrogens (tertiary/aromatic N) is 1. The van der Waals surface area contributed by atoms with Gasteiger partial charge in [0, 0.05) is 0 Å². The molecular weight excluding hydrogens is 254 g/mol. The van der Waals surface area contributed by atoms with Crippen molar-refractivity contribution >= 4 is 0 Å². The van der Waals surface area contributed by atoms with Gasteiger partial charge >= 0.3 is 0 Å². The molecular formula is C20H40N+. The molecule has 3 saturated heterocycles. The standard InChI is InChI=1S/C20H40N/c1-2-3-4-5-6-7-8-9-10-11-12-16-21-17-13-20(14-18-21)15-19-21/h20H,2-19H2,1H3/q+1. The van der Waals surface area contributed by atoms with Gasteiger partial charge in [-0.25, -0.2) is 0 Å². The lowest BCUT2D eigenvalue weighted by molar-refractivity contribution is -0.942. The molecule has 0 aromatic rings. The van der Waals surface area contributed by atoms with E-state index in [9.17, 15) is 0 Å². The molecule has 3 rings (SSSR count). The van der Waals surface area contributed by atoms with Gasteiger partial charge in [-0.3, -0.25) is 0 Å². The Balaban J connectivity index is 1.37. The first-order valence-corrected chi connectivity index (χ1v) is 10.2. The van der Waals surface area contributed by atoms with Gasteiger partial charge in [0.2, 0.25) is 0 Å². The summed E-state index contributed by atoms with van der Waals surface area (Å²) >= 11 is 0. The molecule has 124 valence electrons. The summed E-state index contributed by atoms with van der Waals surface area (Å²) in [4.78, 5) is 0. The van der Waals surface area contributed by atoms with Gasteiger partial charge in [-0.15, -0.1) is 0 Å². The molecule has 3 heterocycles. The quantitative estimate of drug-likeness (QED) is 0.309. The third-order valence-electron chi connectivity index (χ3n) is 6.27. The van der Waals surface area contributed by atoms with Gasteiger partial charge in [0.25, 0.3) is 0 Å². The Labute approximate surface area is 134 Å². The number of rotatable bonds is 12. The zero-order valence-corrected chi connectivity index (χ0v) is 14.8. The van der Waals surface area contributed by atoms with Gasteiger partial charge in [-0.05, 0) is 38.0 Å². The second-order valence-corrected chi connectivity index (χ2v) is 8.00. The fourth-order valence-corrected chi connectivity index (χ4v) is 4.58. The summed E-state index contributed by atoms with van der Waals surface area (Å²) in [6.07, 6.45) is 20.9. The maximum atomic E-state index is 2.30. The Morgan fingerprint density at radius 2 is 1.05 bits per heavy atom. The lowest BCUT2D eigenvalue weighted by atomic mass is 9.85. The van der Waals surface area contributed by atoms with Crippen LogP contribution in [0.15, 0.2) is 0 Å². The number of hydrogen-bond acceptors (Lipinski definition) is 0. The zero-order valence-electron chi connectivity index (χ0n) is 14.8. The Morgan fingerprint density at radius 3 is 1.52 bits per heavy atom. The molecule has 3 fully saturated rings. The second-order valence-electron chi connectivity index (χ2n) is 8.00. The van der Waals surface area contributed by atoms with Crippen LogP contribution in [0.5, 0.6) is 0 Å². The van der Waals surface area contributed by atoms with E-state index in [0.29, 0.717) is 0 Å². The highest BCUT2D eigenvalue weighted by Crippen LogP contribution is 2.33. The van der Waals surface area contributed by atoms with Crippen LogP contribution in [-0.2, 0) is 0 Å². The third-order valence-corrected chi connectivity index (χ3v) is 6.27. The first-order valence-electron chi connectivity index (χ1n) is 10.2. The molecule has 0 unspecified atom stereocenters. The van der Waals surface area contributed by atoms with Gasteiger partial charge in [-0.2, -0.15) is 0 Å². The molecule has 21 heavy (non-hydrogen) atoms. The van der Waals surface area contributed by atoms with Gasteiger partial charge in [0.05, 0.1) is 26.2 Å². The number of fused-ring (bicyclic) bond motifs is 3. The van der Waals surface area contributed by atoms with E-state index in [4.69, 9.17) is 0 Å². The molecule has 1 nitrogen and oxygen atoms in total. The fourth-order valence-electron chi connectivity index (χ4n) is 4.58. The van der Waals surface area contributed by atoms with Crippen molar-refractivity contribution in [3.63, 3.8) is 0 Å². The first kappa shape index (κ1) is 17.3. The van der Waals surface area contributed by atoms with Gasteiger partial charge in [0.1, 0.15) is 0 Å². The molecule has 0 radical (unpaired) electrons. The van der Waals surface area contributed by atoms with Crippen molar-refractivity contribution in [3.8, 4) is 0 Å². The SMILES string of the molecule is CCCCCCCCCCCCC[N+]12CCC(CC1)CC2. The molecule has 0 aromatic heterocycles. The molecule has 1 heteroatoms. The molecule has 0 saturated carbocycles. The van der Waals surface area contributed by atoms with E-state index < -0.39 is 0 Å². The van der Waals surface area contributed by atoms with Gasteiger partial charge in [0.15, 0.2) is 0 Å². The van der Waals surface area contributed by atoms with Crippen LogP contribution in [0.1, 0.15) is 96.8 Å². The summed E-state index contributed by atoms with van der Waals surface area (Å²) in [6, 6.07) is 0. The van der Waals surface area contributed by atoms with Gasteiger partial charge in [-0.1, -0.05) is 64.7 Å². The van der Waals surface area contributed by atoms with E-state index in [1.165, 1.54) is 121 Å².